The molecule has 0 fully saturated rings. The van der Waals surface area contributed by atoms with Crippen molar-refractivity contribution >= 4 is 17.0 Å². The Labute approximate surface area is 99.1 Å². The van der Waals surface area contributed by atoms with Crippen LogP contribution in [0.5, 0.6) is 5.75 Å². The second-order valence-electron chi connectivity index (χ2n) is 3.52. The number of nitrogens with one attached hydrogen (secondary N) is 1. The maximum atomic E-state index is 5.25. The molecule has 0 atom stereocenters. The van der Waals surface area contributed by atoms with Crippen LogP contribution in [0.3, 0.4) is 0 Å². The van der Waals surface area contributed by atoms with E-state index in [4.69, 9.17) is 4.74 Å². The van der Waals surface area contributed by atoms with Crippen LogP contribution < -0.4 is 10.1 Å². The van der Waals surface area contributed by atoms with E-state index in [1.54, 1.807) is 18.4 Å². The second-order valence-corrected chi connectivity index (χ2v) is 4.52. The average Bonchev–Trinajstić information content (AvgIpc) is 2.74. The number of methoxy groups -OCH3 is 1. The molecule has 1 N–H and O–H groups in total. The van der Waals surface area contributed by atoms with E-state index in [-0.39, 0.29) is 0 Å². The van der Waals surface area contributed by atoms with Crippen molar-refractivity contribution in [2.24, 2.45) is 0 Å². The summed E-state index contributed by atoms with van der Waals surface area (Å²) in [6.07, 6.45) is 3.67. The third kappa shape index (κ3) is 2.52. The highest BCUT2D eigenvalue weighted by molar-refractivity contribution is 7.10. The lowest BCUT2D eigenvalue weighted by Crippen LogP contribution is -1.99. The van der Waals surface area contributed by atoms with Crippen molar-refractivity contribution in [3.63, 3.8) is 0 Å². The lowest BCUT2D eigenvalue weighted by atomic mass is 10.3. The molecule has 0 aliphatic rings. The maximum Gasteiger partial charge on any atom is 0.134 e. The molecule has 2 aromatic rings. The smallest absolute Gasteiger partial charge is 0.134 e. The van der Waals surface area contributed by atoms with Crippen LogP contribution in [0, 0.1) is 6.92 Å². The SMILES string of the molecule is COc1ccsc1CNc1cncc(C)c1. The Morgan fingerprint density at radius 3 is 3.06 bits per heavy atom. The Kier molecular flexibility index (Phi) is 3.41. The number of pyridine rings is 1. The maximum absolute atomic E-state index is 5.25. The van der Waals surface area contributed by atoms with Gasteiger partial charge in [-0.25, -0.2) is 0 Å². The predicted molar refractivity (Wildman–Crippen MR) is 67.2 cm³/mol. The van der Waals surface area contributed by atoms with Crippen LogP contribution in [0.2, 0.25) is 0 Å². The van der Waals surface area contributed by atoms with Gasteiger partial charge in [0.25, 0.3) is 0 Å². The molecule has 0 radical (unpaired) electrons. The summed E-state index contributed by atoms with van der Waals surface area (Å²) in [4.78, 5) is 5.33. The first kappa shape index (κ1) is 11.0. The second kappa shape index (κ2) is 4.99. The minimum absolute atomic E-state index is 0.770. The molecule has 0 amide bonds. The molecule has 84 valence electrons. The highest BCUT2D eigenvalue weighted by Crippen LogP contribution is 2.25. The fourth-order valence-corrected chi connectivity index (χ4v) is 2.25. The monoisotopic (exact) mass is 234 g/mol. The highest BCUT2D eigenvalue weighted by Gasteiger charge is 2.03. The Morgan fingerprint density at radius 2 is 2.31 bits per heavy atom. The number of anilines is 1. The number of hydrogen-bond donors (Lipinski definition) is 1. The van der Waals surface area contributed by atoms with Gasteiger partial charge in [-0.1, -0.05) is 0 Å². The van der Waals surface area contributed by atoms with Crippen molar-refractivity contribution in [1.82, 2.24) is 4.98 Å². The van der Waals surface area contributed by atoms with Gasteiger partial charge in [0.1, 0.15) is 5.75 Å². The van der Waals surface area contributed by atoms with Gasteiger partial charge in [0.05, 0.1) is 24.2 Å². The zero-order chi connectivity index (χ0) is 11.4. The third-order valence-corrected chi connectivity index (χ3v) is 3.15. The van der Waals surface area contributed by atoms with E-state index in [0.29, 0.717) is 0 Å². The minimum Gasteiger partial charge on any atom is -0.496 e. The molecule has 4 heteroatoms. The van der Waals surface area contributed by atoms with E-state index >= 15 is 0 Å². The number of aromatic nitrogens is 1. The third-order valence-electron chi connectivity index (χ3n) is 2.25. The van der Waals surface area contributed by atoms with Crippen molar-refractivity contribution in [2.75, 3.05) is 12.4 Å². The summed E-state index contributed by atoms with van der Waals surface area (Å²) >= 11 is 1.69. The number of ether oxygens (including phenoxy) is 1. The van der Waals surface area contributed by atoms with Gasteiger partial charge in [0.2, 0.25) is 0 Å². The topological polar surface area (TPSA) is 34.1 Å². The van der Waals surface area contributed by atoms with Gasteiger partial charge in [0.15, 0.2) is 0 Å². The molecule has 2 rings (SSSR count). The first-order valence-electron chi connectivity index (χ1n) is 5.05. The van der Waals surface area contributed by atoms with Crippen molar-refractivity contribution in [3.05, 3.63) is 40.3 Å². The molecular formula is C12H14N2OS. The summed E-state index contributed by atoms with van der Waals surface area (Å²) < 4.78 is 5.25. The summed E-state index contributed by atoms with van der Waals surface area (Å²) in [5, 5.41) is 5.36. The summed E-state index contributed by atoms with van der Waals surface area (Å²) in [6.45, 7) is 2.80. The molecule has 2 heterocycles. The molecule has 0 saturated carbocycles. The lowest BCUT2D eigenvalue weighted by molar-refractivity contribution is 0.413. The molecule has 0 spiro atoms. The van der Waals surface area contributed by atoms with Gasteiger partial charge in [-0.3, -0.25) is 4.98 Å². The molecule has 16 heavy (non-hydrogen) atoms. The van der Waals surface area contributed by atoms with Gasteiger partial charge in [-0.2, -0.15) is 0 Å². The van der Waals surface area contributed by atoms with Gasteiger partial charge in [-0.15, -0.1) is 11.3 Å². The van der Waals surface area contributed by atoms with E-state index in [1.165, 1.54) is 4.88 Å². The highest BCUT2D eigenvalue weighted by atomic mass is 32.1. The van der Waals surface area contributed by atoms with Gasteiger partial charge < -0.3 is 10.1 Å². The van der Waals surface area contributed by atoms with Crippen LogP contribution in [0.1, 0.15) is 10.4 Å². The molecule has 3 nitrogen and oxygen atoms in total. The minimum atomic E-state index is 0.770. The fraction of sp³-hybridized carbons (Fsp3) is 0.250. The van der Waals surface area contributed by atoms with Gasteiger partial charge >= 0.3 is 0 Å². The lowest BCUT2D eigenvalue weighted by Gasteiger charge is -2.06. The first-order chi connectivity index (χ1) is 7.79. The number of hydrogen-bond acceptors (Lipinski definition) is 4. The first-order valence-corrected chi connectivity index (χ1v) is 5.93. The Bertz CT molecular complexity index is 468. The summed E-state index contributed by atoms with van der Waals surface area (Å²) in [5.41, 5.74) is 2.19. The standard InChI is InChI=1S/C12H14N2OS/c1-9-5-10(7-13-6-9)14-8-12-11(15-2)3-4-16-12/h3-7,14H,8H2,1-2H3. The van der Waals surface area contributed by atoms with E-state index in [9.17, 15) is 0 Å². The molecule has 0 aliphatic heterocycles. The van der Waals surface area contributed by atoms with Crippen molar-refractivity contribution in [1.29, 1.82) is 0 Å². The van der Waals surface area contributed by atoms with E-state index < -0.39 is 0 Å². The van der Waals surface area contributed by atoms with Crippen LogP contribution in [-0.4, -0.2) is 12.1 Å². The molecule has 0 aromatic carbocycles. The molecule has 0 saturated heterocycles. The molecule has 0 unspecified atom stereocenters. The van der Waals surface area contributed by atoms with Crippen LogP contribution in [0.15, 0.2) is 29.9 Å². The number of nitrogens with zero attached hydrogens (tertiary/aromatic N) is 1. The normalized spacial score (nSPS) is 10.1. The number of aryl methyl sites for hydroxylation is 1. The molecular weight excluding hydrogens is 220 g/mol. The van der Waals surface area contributed by atoms with Crippen LogP contribution in [-0.2, 0) is 6.54 Å². The van der Waals surface area contributed by atoms with Crippen LogP contribution in [0.25, 0.3) is 0 Å². The Hall–Kier alpha value is -1.55. The van der Waals surface area contributed by atoms with Gasteiger partial charge in [-0.05, 0) is 30.0 Å². The molecule has 0 aliphatic carbocycles. The largest absolute Gasteiger partial charge is 0.496 e. The predicted octanol–water partition coefficient (Wildman–Crippen LogP) is 3.07. The average molecular weight is 234 g/mol. The van der Waals surface area contributed by atoms with E-state index in [1.807, 2.05) is 30.8 Å². The van der Waals surface area contributed by atoms with Crippen molar-refractivity contribution in [2.45, 2.75) is 13.5 Å². The Morgan fingerprint density at radius 1 is 1.44 bits per heavy atom. The Balaban J connectivity index is 2.02. The van der Waals surface area contributed by atoms with E-state index in [0.717, 1.165) is 23.5 Å². The molecule has 0 bridgehead atoms. The zero-order valence-corrected chi connectivity index (χ0v) is 10.2. The van der Waals surface area contributed by atoms with E-state index in [2.05, 4.69) is 16.4 Å². The molecule has 2 aromatic heterocycles. The van der Waals surface area contributed by atoms with Crippen LogP contribution in [0.4, 0.5) is 5.69 Å². The number of thiophene rings is 1. The summed E-state index contributed by atoms with van der Waals surface area (Å²) in [6, 6.07) is 4.06. The number of rotatable bonds is 4. The van der Waals surface area contributed by atoms with Crippen LogP contribution >= 0.6 is 11.3 Å². The van der Waals surface area contributed by atoms with Crippen molar-refractivity contribution < 1.29 is 4.74 Å². The zero-order valence-electron chi connectivity index (χ0n) is 9.36. The summed E-state index contributed by atoms with van der Waals surface area (Å²) in [5.74, 6) is 0.943. The summed E-state index contributed by atoms with van der Waals surface area (Å²) in [7, 11) is 1.69. The quantitative estimate of drug-likeness (QED) is 0.882. The van der Waals surface area contributed by atoms with Gasteiger partial charge in [0, 0.05) is 12.4 Å². The van der Waals surface area contributed by atoms with Crippen molar-refractivity contribution in [3.8, 4) is 5.75 Å². The fourth-order valence-electron chi connectivity index (χ4n) is 1.47.